The number of piperidine rings is 1. The molecule has 1 rings (SSSR count). The highest BCUT2D eigenvalue weighted by Gasteiger charge is 2.24. The van der Waals surface area contributed by atoms with E-state index >= 15 is 0 Å². The predicted octanol–water partition coefficient (Wildman–Crippen LogP) is 1.84. The van der Waals surface area contributed by atoms with Crippen LogP contribution in [0.3, 0.4) is 0 Å². The summed E-state index contributed by atoms with van der Waals surface area (Å²) in [5, 5.41) is 0. The van der Waals surface area contributed by atoms with Crippen molar-refractivity contribution in [3.8, 4) is 0 Å². The maximum absolute atomic E-state index is 6.01. The van der Waals surface area contributed by atoms with E-state index in [0.29, 0.717) is 6.04 Å². The normalized spacial score (nSPS) is 33.2. The molecule has 0 aromatic heterocycles. The Morgan fingerprint density at radius 3 is 2.69 bits per heavy atom. The Morgan fingerprint density at radius 2 is 2.15 bits per heavy atom. The fraction of sp³-hybridized carbons (Fsp3) is 1.00. The van der Waals surface area contributed by atoms with E-state index in [1.807, 2.05) is 0 Å². The zero-order chi connectivity index (χ0) is 9.84. The molecule has 78 valence electrons. The van der Waals surface area contributed by atoms with E-state index in [1.54, 1.807) is 0 Å². The molecule has 3 atom stereocenters. The molecule has 0 saturated carbocycles. The van der Waals surface area contributed by atoms with Gasteiger partial charge in [-0.05, 0) is 25.7 Å². The number of nitrogens with two attached hydrogens (primary N) is 1. The third kappa shape index (κ3) is 3.28. The van der Waals surface area contributed by atoms with Crippen LogP contribution in [0.15, 0.2) is 0 Å². The second-order valence-corrected chi connectivity index (χ2v) is 4.69. The molecule has 2 nitrogen and oxygen atoms in total. The molecular weight excluding hydrogens is 160 g/mol. The molecule has 0 bridgehead atoms. The van der Waals surface area contributed by atoms with Gasteiger partial charge in [0.1, 0.15) is 0 Å². The summed E-state index contributed by atoms with van der Waals surface area (Å²) in [5.41, 5.74) is 6.01. The van der Waals surface area contributed by atoms with Crippen molar-refractivity contribution in [3.05, 3.63) is 0 Å². The predicted molar refractivity (Wildman–Crippen MR) is 57.7 cm³/mol. The third-order valence-corrected chi connectivity index (χ3v) is 3.05. The fourth-order valence-electron chi connectivity index (χ4n) is 2.40. The second-order valence-electron chi connectivity index (χ2n) is 4.69. The Hall–Kier alpha value is -0.0800. The van der Waals surface area contributed by atoms with Gasteiger partial charge in [-0.1, -0.05) is 20.3 Å². The van der Waals surface area contributed by atoms with Crippen LogP contribution in [-0.2, 0) is 0 Å². The van der Waals surface area contributed by atoms with Gasteiger partial charge in [0.15, 0.2) is 0 Å². The third-order valence-electron chi connectivity index (χ3n) is 3.05. The molecule has 13 heavy (non-hydrogen) atoms. The Kier molecular flexibility index (Phi) is 4.20. The first kappa shape index (κ1) is 11.0. The molecule has 0 radical (unpaired) electrons. The van der Waals surface area contributed by atoms with Crippen LogP contribution in [-0.4, -0.2) is 30.1 Å². The lowest BCUT2D eigenvalue weighted by Crippen LogP contribution is -2.49. The molecule has 1 saturated heterocycles. The van der Waals surface area contributed by atoms with Crippen LogP contribution in [0.4, 0.5) is 0 Å². The van der Waals surface area contributed by atoms with Crippen LogP contribution < -0.4 is 5.73 Å². The molecule has 0 aromatic carbocycles. The van der Waals surface area contributed by atoms with Gasteiger partial charge >= 0.3 is 0 Å². The molecule has 1 aliphatic rings. The lowest BCUT2D eigenvalue weighted by molar-refractivity contribution is 0.118. The molecule has 0 amide bonds. The van der Waals surface area contributed by atoms with Crippen LogP contribution in [0.25, 0.3) is 0 Å². The van der Waals surface area contributed by atoms with E-state index in [9.17, 15) is 0 Å². The van der Waals surface area contributed by atoms with Gasteiger partial charge in [0, 0.05) is 25.2 Å². The van der Waals surface area contributed by atoms with Crippen LogP contribution in [0.5, 0.6) is 0 Å². The SMILES string of the molecule is CCCC(C)N1CC(C)CC(N)C1. The lowest BCUT2D eigenvalue weighted by atomic mass is 9.95. The minimum absolute atomic E-state index is 0.406. The number of rotatable bonds is 3. The van der Waals surface area contributed by atoms with E-state index in [0.717, 1.165) is 18.5 Å². The molecule has 0 spiro atoms. The maximum Gasteiger partial charge on any atom is 0.0170 e. The summed E-state index contributed by atoms with van der Waals surface area (Å²) in [6, 6.07) is 1.13. The standard InChI is InChI=1S/C11H24N2/c1-4-5-10(3)13-7-9(2)6-11(12)8-13/h9-11H,4-8,12H2,1-3H3. The van der Waals surface area contributed by atoms with Gasteiger partial charge in [-0.3, -0.25) is 4.90 Å². The molecule has 1 fully saturated rings. The van der Waals surface area contributed by atoms with Gasteiger partial charge in [0.25, 0.3) is 0 Å². The summed E-state index contributed by atoms with van der Waals surface area (Å²) in [6.45, 7) is 9.24. The number of hydrogen-bond acceptors (Lipinski definition) is 2. The quantitative estimate of drug-likeness (QED) is 0.725. The van der Waals surface area contributed by atoms with Crippen molar-refractivity contribution in [1.82, 2.24) is 4.90 Å². The zero-order valence-corrected chi connectivity index (χ0v) is 9.29. The summed E-state index contributed by atoms with van der Waals surface area (Å²) in [5.74, 6) is 0.781. The molecule has 3 unspecified atom stereocenters. The average Bonchev–Trinajstić information content (AvgIpc) is 2.03. The minimum Gasteiger partial charge on any atom is -0.327 e. The second kappa shape index (κ2) is 4.97. The number of nitrogens with zero attached hydrogens (tertiary/aromatic N) is 1. The van der Waals surface area contributed by atoms with E-state index in [2.05, 4.69) is 25.7 Å². The zero-order valence-electron chi connectivity index (χ0n) is 9.29. The minimum atomic E-state index is 0.406. The van der Waals surface area contributed by atoms with Crippen molar-refractivity contribution in [2.75, 3.05) is 13.1 Å². The molecular formula is C11H24N2. The maximum atomic E-state index is 6.01. The highest BCUT2D eigenvalue weighted by atomic mass is 15.2. The van der Waals surface area contributed by atoms with E-state index in [4.69, 9.17) is 5.73 Å². The van der Waals surface area contributed by atoms with Gasteiger partial charge in [-0.25, -0.2) is 0 Å². The van der Waals surface area contributed by atoms with Crippen molar-refractivity contribution in [1.29, 1.82) is 0 Å². The smallest absolute Gasteiger partial charge is 0.0170 e. The summed E-state index contributed by atoms with van der Waals surface area (Å²) >= 11 is 0. The highest BCUT2D eigenvalue weighted by Crippen LogP contribution is 2.18. The van der Waals surface area contributed by atoms with Crippen molar-refractivity contribution in [3.63, 3.8) is 0 Å². The van der Waals surface area contributed by atoms with Gasteiger partial charge in [0.05, 0.1) is 0 Å². The van der Waals surface area contributed by atoms with E-state index in [-0.39, 0.29) is 0 Å². The Balaban J connectivity index is 2.40. The van der Waals surface area contributed by atoms with Gasteiger partial charge < -0.3 is 5.73 Å². The summed E-state index contributed by atoms with van der Waals surface area (Å²) < 4.78 is 0. The Labute approximate surface area is 82.5 Å². The number of hydrogen-bond donors (Lipinski definition) is 1. The first-order chi connectivity index (χ1) is 6.13. The molecule has 2 heteroatoms. The van der Waals surface area contributed by atoms with E-state index in [1.165, 1.54) is 25.8 Å². The summed E-state index contributed by atoms with van der Waals surface area (Å²) in [7, 11) is 0. The molecule has 1 heterocycles. The molecule has 1 aliphatic heterocycles. The molecule has 2 N–H and O–H groups in total. The summed E-state index contributed by atoms with van der Waals surface area (Å²) in [6.07, 6.45) is 3.79. The van der Waals surface area contributed by atoms with Crippen LogP contribution in [0.1, 0.15) is 40.0 Å². The van der Waals surface area contributed by atoms with E-state index < -0.39 is 0 Å². The summed E-state index contributed by atoms with van der Waals surface area (Å²) in [4.78, 5) is 2.56. The van der Waals surface area contributed by atoms with Crippen LogP contribution >= 0.6 is 0 Å². The van der Waals surface area contributed by atoms with Crippen LogP contribution in [0, 0.1) is 5.92 Å². The largest absolute Gasteiger partial charge is 0.327 e. The van der Waals surface area contributed by atoms with Gasteiger partial charge in [0.2, 0.25) is 0 Å². The first-order valence-corrected chi connectivity index (χ1v) is 5.63. The topological polar surface area (TPSA) is 29.3 Å². The molecule has 0 aliphatic carbocycles. The van der Waals surface area contributed by atoms with Crippen molar-refractivity contribution >= 4 is 0 Å². The van der Waals surface area contributed by atoms with Crippen molar-refractivity contribution < 1.29 is 0 Å². The first-order valence-electron chi connectivity index (χ1n) is 5.63. The average molecular weight is 184 g/mol. The monoisotopic (exact) mass is 184 g/mol. The van der Waals surface area contributed by atoms with Crippen LogP contribution in [0.2, 0.25) is 0 Å². The Bertz CT molecular complexity index is 137. The number of likely N-dealkylation sites (tertiary alicyclic amines) is 1. The van der Waals surface area contributed by atoms with Gasteiger partial charge in [-0.15, -0.1) is 0 Å². The van der Waals surface area contributed by atoms with Crippen molar-refractivity contribution in [2.45, 2.75) is 52.1 Å². The lowest BCUT2D eigenvalue weighted by Gasteiger charge is -2.38. The van der Waals surface area contributed by atoms with Gasteiger partial charge in [-0.2, -0.15) is 0 Å². The Morgan fingerprint density at radius 1 is 1.46 bits per heavy atom. The molecule has 0 aromatic rings. The van der Waals surface area contributed by atoms with Crippen molar-refractivity contribution in [2.24, 2.45) is 11.7 Å². The highest BCUT2D eigenvalue weighted by molar-refractivity contribution is 4.81. The fourth-order valence-corrected chi connectivity index (χ4v) is 2.40.